The third-order valence-electron chi connectivity index (χ3n) is 2.99. The number of nitrogens with zero attached hydrogens (tertiary/aromatic N) is 1. The summed E-state index contributed by atoms with van der Waals surface area (Å²) in [6, 6.07) is 9.09. The summed E-state index contributed by atoms with van der Waals surface area (Å²) in [6.45, 7) is 3.85. The Morgan fingerprint density at radius 1 is 1.37 bits per heavy atom. The molecule has 1 amide bonds. The van der Waals surface area contributed by atoms with Crippen molar-refractivity contribution in [2.24, 2.45) is 0 Å². The third-order valence-corrected chi connectivity index (χ3v) is 2.99. The summed E-state index contributed by atoms with van der Waals surface area (Å²) in [6.07, 6.45) is 3.45. The normalized spacial score (nSPS) is 11.9. The molecule has 1 atom stereocenters. The number of benzene rings is 1. The number of aryl methyl sites for hydroxylation is 1. The van der Waals surface area contributed by atoms with Crippen molar-refractivity contribution in [1.29, 1.82) is 0 Å². The first kappa shape index (κ1) is 13.1. The molecule has 2 rings (SSSR count). The molecule has 0 aliphatic rings. The SMILES string of the molecule is Cc1ccc(N)c(C(=O)N[C@H](C)c2cccnc2)c1. The molecule has 0 unspecified atom stereocenters. The van der Waals surface area contributed by atoms with E-state index in [1.165, 1.54) is 0 Å². The molecule has 0 aliphatic heterocycles. The van der Waals surface area contributed by atoms with E-state index in [9.17, 15) is 4.79 Å². The number of anilines is 1. The summed E-state index contributed by atoms with van der Waals surface area (Å²) < 4.78 is 0. The van der Waals surface area contributed by atoms with Gasteiger partial charge in [0.2, 0.25) is 0 Å². The van der Waals surface area contributed by atoms with E-state index in [-0.39, 0.29) is 11.9 Å². The number of nitrogen functional groups attached to an aromatic ring is 1. The van der Waals surface area contributed by atoms with Crippen LogP contribution in [0.3, 0.4) is 0 Å². The van der Waals surface area contributed by atoms with Gasteiger partial charge in [-0.2, -0.15) is 0 Å². The van der Waals surface area contributed by atoms with Crippen LogP contribution >= 0.6 is 0 Å². The van der Waals surface area contributed by atoms with E-state index in [1.54, 1.807) is 24.5 Å². The van der Waals surface area contributed by atoms with E-state index in [0.29, 0.717) is 11.3 Å². The number of pyridine rings is 1. The lowest BCUT2D eigenvalue weighted by Crippen LogP contribution is -2.27. The molecule has 1 heterocycles. The molecule has 0 aliphatic carbocycles. The molecule has 0 radical (unpaired) electrons. The minimum Gasteiger partial charge on any atom is -0.398 e. The zero-order valence-corrected chi connectivity index (χ0v) is 11.1. The molecule has 19 heavy (non-hydrogen) atoms. The van der Waals surface area contributed by atoms with Crippen molar-refractivity contribution >= 4 is 11.6 Å². The number of nitrogens with two attached hydrogens (primary N) is 1. The molecule has 1 aromatic heterocycles. The number of nitrogens with one attached hydrogen (secondary N) is 1. The number of rotatable bonds is 3. The number of hydrogen-bond acceptors (Lipinski definition) is 3. The zero-order valence-electron chi connectivity index (χ0n) is 11.1. The minimum absolute atomic E-state index is 0.110. The van der Waals surface area contributed by atoms with Crippen LogP contribution < -0.4 is 11.1 Å². The topological polar surface area (TPSA) is 68.0 Å². The first-order valence-electron chi connectivity index (χ1n) is 6.15. The molecule has 0 spiro atoms. The van der Waals surface area contributed by atoms with Gasteiger partial charge in [0.05, 0.1) is 11.6 Å². The van der Waals surface area contributed by atoms with Crippen molar-refractivity contribution in [3.63, 3.8) is 0 Å². The molecule has 4 heteroatoms. The van der Waals surface area contributed by atoms with Crippen molar-refractivity contribution in [3.8, 4) is 0 Å². The minimum atomic E-state index is -0.169. The highest BCUT2D eigenvalue weighted by Crippen LogP contribution is 2.16. The van der Waals surface area contributed by atoms with Gasteiger partial charge in [-0.15, -0.1) is 0 Å². The maximum absolute atomic E-state index is 12.2. The molecule has 3 N–H and O–H groups in total. The van der Waals surface area contributed by atoms with Gasteiger partial charge in [-0.25, -0.2) is 0 Å². The first-order chi connectivity index (χ1) is 9.08. The fraction of sp³-hybridized carbons (Fsp3) is 0.200. The predicted molar refractivity (Wildman–Crippen MR) is 75.7 cm³/mol. The number of amides is 1. The second-order valence-electron chi connectivity index (χ2n) is 4.57. The van der Waals surface area contributed by atoms with Crippen LogP contribution in [-0.2, 0) is 0 Å². The fourth-order valence-corrected chi connectivity index (χ4v) is 1.86. The molecular weight excluding hydrogens is 238 g/mol. The van der Waals surface area contributed by atoms with Gasteiger partial charge in [0.25, 0.3) is 5.91 Å². The maximum atomic E-state index is 12.2. The molecule has 0 bridgehead atoms. The Kier molecular flexibility index (Phi) is 3.80. The summed E-state index contributed by atoms with van der Waals surface area (Å²) in [5, 5.41) is 2.92. The Hall–Kier alpha value is -2.36. The van der Waals surface area contributed by atoms with E-state index in [4.69, 9.17) is 5.73 Å². The molecule has 0 fully saturated rings. The number of carbonyl (C=O) groups excluding carboxylic acids is 1. The molecule has 0 saturated carbocycles. The highest BCUT2D eigenvalue weighted by molar-refractivity contribution is 5.99. The number of carbonyl (C=O) groups is 1. The summed E-state index contributed by atoms with van der Waals surface area (Å²) in [5.74, 6) is -0.169. The largest absolute Gasteiger partial charge is 0.398 e. The Bertz CT molecular complexity index is 581. The lowest BCUT2D eigenvalue weighted by Gasteiger charge is -2.15. The van der Waals surface area contributed by atoms with Crippen molar-refractivity contribution < 1.29 is 4.79 Å². The lowest BCUT2D eigenvalue weighted by molar-refractivity contribution is 0.0940. The van der Waals surface area contributed by atoms with Crippen LogP contribution in [-0.4, -0.2) is 10.9 Å². The van der Waals surface area contributed by atoms with Crippen LogP contribution in [0, 0.1) is 6.92 Å². The Labute approximate surface area is 112 Å². The highest BCUT2D eigenvalue weighted by Gasteiger charge is 2.13. The lowest BCUT2D eigenvalue weighted by atomic mass is 10.1. The quantitative estimate of drug-likeness (QED) is 0.828. The maximum Gasteiger partial charge on any atom is 0.253 e. The van der Waals surface area contributed by atoms with E-state index in [2.05, 4.69) is 10.3 Å². The van der Waals surface area contributed by atoms with Gasteiger partial charge in [-0.05, 0) is 37.6 Å². The van der Waals surface area contributed by atoms with Crippen LogP contribution in [0.2, 0.25) is 0 Å². The van der Waals surface area contributed by atoms with Crippen LogP contribution in [0.4, 0.5) is 5.69 Å². The standard InChI is InChI=1S/C15H17N3O/c1-10-5-6-14(16)13(8-10)15(19)18-11(2)12-4-3-7-17-9-12/h3-9,11H,16H2,1-2H3,(H,18,19)/t11-/m1/s1. The van der Waals surface area contributed by atoms with Crippen molar-refractivity contribution in [3.05, 3.63) is 59.4 Å². The second-order valence-corrected chi connectivity index (χ2v) is 4.57. The van der Waals surface area contributed by atoms with Crippen molar-refractivity contribution in [1.82, 2.24) is 10.3 Å². The summed E-state index contributed by atoms with van der Waals surface area (Å²) in [5.41, 5.74) is 8.80. The monoisotopic (exact) mass is 255 g/mol. The summed E-state index contributed by atoms with van der Waals surface area (Å²) >= 11 is 0. The zero-order chi connectivity index (χ0) is 13.8. The van der Waals surface area contributed by atoms with E-state index in [1.807, 2.05) is 32.0 Å². The van der Waals surface area contributed by atoms with Crippen LogP contribution in [0.25, 0.3) is 0 Å². The first-order valence-corrected chi connectivity index (χ1v) is 6.15. The molecule has 1 aromatic carbocycles. The van der Waals surface area contributed by atoms with Gasteiger partial charge in [0.15, 0.2) is 0 Å². The van der Waals surface area contributed by atoms with E-state index in [0.717, 1.165) is 11.1 Å². The number of hydrogen-bond donors (Lipinski definition) is 2. The number of aromatic nitrogens is 1. The molecular formula is C15H17N3O. The van der Waals surface area contributed by atoms with Crippen molar-refractivity contribution in [2.75, 3.05) is 5.73 Å². The van der Waals surface area contributed by atoms with Gasteiger partial charge in [0, 0.05) is 18.1 Å². The van der Waals surface area contributed by atoms with E-state index < -0.39 is 0 Å². The second kappa shape index (κ2) is 5.52. The van der Waals surface area contributed by atoms with Crippen LogP contribution in [0.1, 0.15) is 34.5 Å². The smallest absolute Gasteiger partial charge is 0.253 e. The Morgan fingerprint density at radius 2 is 2.16 bits per heavy atom. The summed E-state index contributed by atoms with van der Waals surface area (Å²) in [4.78, 5) is 16.2. The van der Waals surface area contributed by atoms with Gasteiger partial charge >= 0.3 is 0 Å². The Balaban J connectivity index is 2.15. The van der Waals surface area contributed by atoms with Crippen LogP contribution in [0.15, 0.2) is 42.7 Å². The van der Waals surface area contributed by atoms with Crippen LogP contribution in [0.5, 0.6) is 0 Å². The Morgan fingerprint density at radius 3 is 2.84 bits per heavy atom. The molecule has 98 valence electrons. The average molecular weight is 255 g/mol. The van der Waals surface area contributed by atoms with Crippen molar-refractivity contribution in [2.45, 2.75) is 19.9 Å². The molecule has 2 aromatic rings. The van der Waals surface area contributed by atoms with Gasteiger partial charge in [0.1, 0.15) is 0 Å². The highest BCUT2D eigenvalue weighted by atomic mass is 16.1. The van der Waals surface area contributed by atoms with Gasteiger partial charge < -0.3 is 11.1 Å². The van der Waals surface area contributed by atoms with Gasteiger partial charge in [-0.3, -0.25) is 9.78 Å². The van der Waals surface area contributed by atoms with E-state index >= 15 is 0 Å². The average Bonchev–Trinajstić information content (AvgIpc) is 2.42. The predicted octanol–water partition coefficient (Wildman–Crippen LogP) is 2.46. The molecule has 4 nitrogen and oxygen atoms in total. The molecule has 0 saturated heterocycles. The fourth-order valence-electron chi connectivity index (χ4n) is 1.86. The third kappa shape index (κ3) is 3.10. The van der Waals surface area contributed by atoms with Gasteiger partial charge in [-0.1, -0.05) is 17.7 Å². The summed E-state index contributed by atoms with van der Waals surface area (Å²) in [7, 11) is 0.